The Morgan fingerprint density at radius 2 is 1.74 bits per heavy atom. The summed E-state index contributed by atoms with van der Waals surface area (Å²) in [6.07, 6.45) is -2.85. The highest BCUT2D eigenvalue weighted by Gasteiger charge is 2.43. The number of carbonyl (C=O) groups excluding carboxylic acids is 1. The summed E-state index contributed by atoms with van der Waals surface area (Å²) < 4.78 is 40.5. The van der Waals surface area contributed by atoms with Crippen molar-refractivity contribution >= 4 is 29.0 Å². The number of amides is 2. The number of hydrogen-bond donors (Lipinski definition) is 1. The van der Waals surface area contributed by atoms with Gasteiger partial charge in [-0.15, -0.1) is 13.2 Å². The first kappa shape index (κ1) is 21.3. The molecule has 2 heterocycles. The number of urea groups is 1. The molecule has 2 aliphatic rings. The average molecular weight is 454 g/mol. The van der Waals surface area contributed by atoms with Gasteiger partial charge in [0.1, 0.15) is 11.4 Å². The third kappa shape index (κ3) is 5.22. The number of benzene rings is 2. The standard InChI is InChI=1S/C21H19ClF3N3O3/c22-15-3-1-14(2-4-15)18-13-20(31-27-18)9-11-28(12-10-20)19(29)26-16-5-7-17(8-6-16)30-21(23,24)25/h1-8H,9-13H2,(H,26,29). The molecule has 0 atom stereocenters. The normalized spacial score (nSPS) is 17.8. The number of nitrogens with one attached hydrogen (secondary N) is 1. The number of hydrogen-bond acceptors (Lipinski definition) is 4. The minimum Gasteiger partial charge on any atom is -0.406 e. The number of likely N-dealkylation sites (tertiary alicyclic amines) is 1. The molecule has 1 N–H and O–H groups in total. The maximum Gasteiger partial charge on any atom is 0.573 e. The van der Waals surface area contributed by atoms with E-state index in [0.29, 0.717) is 43.1 Å². The van der Waals surface area contributed by atoms with Crippen molar-refractivity contribution in [1.82, 2.24) is 4.90 Å². The SMILES string of the molecule is O=C(Nc1ccc(OC(F)(F)F)cc1)N1CCC2(CC1)CC(c1ccc(Cl)cc1)=NO2. The highest BCUT2D eigenvalue weighted by Crippen LogP contribution is 2.36. The fourth-order valence-electron chi connectivity index (χ4n) is 3.65. The second-order valence-electron chi connectivity index (χ2n) is 7.49. The lowest BCUT2D eigenvalue weighted by Crippen LogP contribution is -2.48. The minimum atomic E-state index is -4.76. The molecule has 2 aromatic rings. The van der Waals surface area contributed by atoms with Crippen LogP contribution in [0.5, 0.6) is 5.75 Å². The number of oxime groups is 1. The molecule has 4 rings (SSSR count). The van der Waals surface area contributed by atoms with Gasteiger partial charge in [-0.25, -0.2) is 4.79 Å². The Labute approximate surface area is 181 Å². The molecule has 2 aliphatic heterocycles. The first-order chi connectivity index (χ1) is 14.7. The molecule has 1 saturated heterocycles. The Kier molecular flexibility index (Phi) is 5.70. The number of halogens is 4. The largest absolute Gasteiger partial charge is 0.573 e. The molecule has 2 aromatic carbocycles. The van der Waals surface area contributed by atoms with E-state index in [9.17, 15) is 18.0 Å². The van der Waals surface area contributed by atoms with Gasteiger partial charge in [-0.05, 0) is 42.0 Å². The van der Waals surface area contributed by atoms with Gasteiger partial charge in [0.05, 0.1) is 5.71 Å². The first-order valence-electron chi connectivity index (χ1n) is 9.64. The van der Waals surface area contributed by atoms with Crippen LogP contribution in [0.15, 0.2) is 53.7 Å². The fourth-order valence-corrected chi connectivity index (χ4v) is 3.77. The molecule has 0 bridgehead atoms. The van der Waals surface area contributed by atoms with Crippen molar-refractivity contribution in [1.29, 1.82) is 0 Å². The summed E-state index contributed by atoms with van der Waals surface area (Å²) in [4.78, 5) is 19.9. The van der Waals surface area contributed by atoms with Crippen LogP contribution < -0.4 is 10.1 Å². The lowest BCUT2D eigenvalue weighted by molar-refractivity contribution is -0.274. The molecule has 0 unspecified atom stereocenters. The molecular formula is C21H19ClF3N3O3. The summed E-state index contributed by atoms with van der Waals surface area (Å²) >= 11 is 5.93. The van der Waals surface area contributed by atoms with Gasteiger partial charge in [0.25, 0.3) is 0 Å². The van der Waals surface area contributed by atoms with Gasteiger partial charge in [0.15, 0.2) is 0 Å². The predicted molar refractivity (Wildman–Crippen MR) is 109 cm³/mol. The molecule has 0 radical (unpaired) electrons. The van der Waals surface area contributed by atoms with Crippen LogP contribution in [0.1, 0.15) is 24.8 Å². The molecule has 31 heavy (non-hydrogen) atoms. The third-order valence-corrected chi connectivity index (χ3v) is 5.57. The number of anilines is 1. The van der Waals surface area contributed by atoms with E-state index in [1.807, 2.05) is 12.1 Å². The van der Waals surface area contributed by atoms with Crippen LogP contribution >= 0.6 is 11.6 Å². The highest BCUT2D eigenvalue weighted by atomic mass is 35.5. The quantitative estimate of drug-likeness (QED) is 0.674. The zero-order valence-corrected chi connectivity index (χ0v) is 17.0. The Morgan fingerprint density at radius 3 is 2.35 bits per heavy atom. The van der Waals surface area contributed by atoms with E-state index in [2.05, 4.69) is 15.2 Å². The van der Waals surface area contributed by atoms with E-state index in [4.69, 9.17) is 16.4 Å². The zero-order chi connectivity index (χ0) is 22.1. The van der Waals surface area contributed by atoms with Crippen molar-refractivity contribution < 1.29 is 27.5 Å². The summed E-state index contributed by atoms with van der Waals surface area (Å²) in [7, 11) is 0. The monoisotopic (exact) mass is 453 g/mol. The van der Waals surface area contributed by atoms with Crippen LogP contribution in [-0.2, 0) is 4.84 Å². The van der Waals surface area contributed by atoms with Crippen molar-refractivity contribution in [3.8, 4) is 5.75 Å². The van der Waals surface area contributed by atoms with Crippen LogP contribution in [0.4, 0.5) is 23.7 Å². The summed E-state index contributed by atoms with van der Waals surface area (Å²) in [5.41, 5.74) is 1.77. The van der Waals surface area contributed by atoms with E-state index in [-0.39, 0.29) is 11.8 Å². The summed E-state index contributed by atoms with van der Waals surface area (Å²) in [6, 6.07) is 12.1. The number of carbonyl (C=O) groups is 1. The van der Waals surface area contributed by atoms with Crippen molar-refractivity contribution in [2.45, 2.75) is 31.2 Å². The summed E-state index contributed by atoms with van der Waals surface area (Å²) in [6.45, 7) is 0.953. The molecule has 164 valence electrons. The number of rotatable bonds is 3. The van der Waals surface area contributed by atoms with Crippen molar-refractivity contribution in [3.63, 3.8) is 0 Å². The Balaban J connectivity index is 1.29. The highest BCUT2D eigenvalue weighted by molar-refractivity contribution is 6.30. The van der Waals surface area contributed by atoms with Crippen LogP contribution in [0.3, 0.4) is 0 Å². The number of alkyl halides is 3. The maximum absolute atomic E-state index is 12.5. The van der Waals surface area contributed by atoms with Crippen LogP contribution in [0, 0.1) is 0 Å². The van der Waals surface area contributed by atoms with E-state index in [0.717, 1.165) is 23.4 Å². The molecule has 0 aliphatic carbocycles. The molecule has 1 fully saturated rings. The van der Waals surface area contributed by atoms with Crippen molar-refractivity contribution in [2.75, 3.05) is 18.4 Å². The van der Waals surface area contributed by atoms with Crippen molar-refractivity contribution in [2.24, 2.45) is 5.16 Å². The lowest BCUT2D eigenvalue weighted by atomic mass is 9.85. The van der Waals surface area contributed by atoms with Gasteiger partial charge in [0.2, 0.25) is 0 Å². The molecule has 10 heteroatoms. The van der Waals surface area contributed by atoms with E-state index in [1.165, 1.54) is 12.1 Å². The number of nitrogens with zero attached hydrogens (tertiary/aromatic N) is 2. The Hall–Kier alpha value is -2.94. The van der Waals surface area contributed by atoms with E-state index in [1.54, 1.807) is 17.0 Å². The van der Waals surface area contributed by atoms with Gasteiger partial charge in [-0.1, -0.05) is 28.9 Å². The smallest absolute Gasteiger partial charge is 0.406 e. The van der Waals surface area contributed by atoms with E-state index < -0.39 is 12.0 Å². The van der Waals surface area contributed by atoms with Crippen molar-refractivity contribution in [3.05, 3.63) is 59.1 Å². The maximum atomic E-state index is 12.5. The third-order valence-electron chi connectivity index (χ3n) is 5.32. The van der Waals surface area contributed by atoms with Gasteiger partial charge in [-0.3, -0.25) is 0 Å². The van der Waals surface area contributed by atoms with Gasteiger partial charge in [-0.2, -0.15) is 0 Å². The topological polar surface area (TPSA) is 63.2 Å². The fraction of sp³-hybridized carbons (Fsp3) is 0.333. The Morgan fingerprint density at radius 1 is 1.10 bits per heavy atom. The van der Waals surface area contributed by atoms with Gasteiger partial charge >= 0.3 is 12.4 Å². The molecule has 6 nitrogen and oxygen atoms in total. The zero-order valence-electron chi connectivity index (χ0n) is 16.3. The van der Waals surface area contributed by atoms with Crippen LogP contribution in [0.2, 0.25) is 5.02 Å². The lowest BCUT2D eigenvalue weighted by Gasteiger charge is -2.37. The van der Waals surface area contributed by atoms with Crippen LogP contribution in [0.25, 0.3) is 0 Å². The second-order valence-corrected chi connectivity index (χ2v) is 7.92. The van der Waals surface area contributed by atoms with Crippen LogP contribution in [-0.4, -0.2) is 41.7 Å². The molecular weight excluding hydrogens is 435 g/mol. The van der Waals surface area contributed by atoms with Gasteiger partial charge in [0, 0.05) is 43.1 Å². The molecule has 1 spiro atoms. The molecule has 0 aromatic heterocycles. The molecule has 0 saturated carbocycles. The number of piperidine rings is 1. The summed E-state index contributed by atoms with van der Waals surface area (Å²) in [5.74, 6) is -0.347. The summed E-state index contributed by atoms with van der Waals surface area (Å²) in [5, 5.41) is 7.59. The first-order valence-corrected chi connectivity index (χ1v) is 10.0. The molecule has 2 amide bonds. The van der Waals surface area contributed by atoms with E-state index >= 15 is 0 Å². The minimum absolute atomic E-state index is 0.323. The second kappa shape index (κ2) is 8.30. The predicted octanol–water partition coefficient (Wildman–Crippen LogP) is 5.43. The number of ether oxygens (including phenoxy) is 1. The average Bonchev–Trinajstić information content (AvgIpc) is 3.13. The van der Waals surface area contributed by atoms with Gasteiger partial charge < -0.3 is 19.8 Å². The Bertz CT molecular complexity index is 970.